The molecule has 0 aliphatic heterocycles. The molecule has 1 aromatic heterocycles. The molecule has 4 nitrogen and oxygen atoms in total. The number of amides is 1. The number of halogens is 1. The van der Waals surface area contributed by atoms with Crippen molar-refractivity contribution in [1.82, 2.24) is 15.1 Å². The number of aromatic nitrogens is 2. The van der Waals surface area contributed by atoms with Gasteiger partial charge in [0.15, 0.2) is 0 Å². The molecule has 1 N–H and O–H groups in total. The van der Waals surface area contributed by atoms with Crippen LogP contribution in [0.2, 0.25) is 5.02 Å². The van der Waals surface area contributed by atoms with E-state index in [9.17, 15) is 4.79 Å². The van der Waals surface area contributed by atoms with Crippen molar-refractivity contribution in [3.8, 4) is 0 Å². The molecule has 126 valence electrons. The van der Waals surface area contributed by atoms with Crippen molar-refractivity contribution >= 4 is 17.5 Å². The molecule has 1 aromatic rings. The van der Waals surface area contributed by atoms with Crippen molar-refractivity contribution in [2.24, 2.45) is 23.2 Å². The quantitative estimate of drug-likeness (QED) is 0.911. The van der Waals surface area contributed by atoms with Crippen LogP contribution in [-0.4, -0.2) is 22.2 Å². The molecule has 5 rings (SSSR count). The van der Waals surface area contributed by atoms with E-state index in [0.29, 0.717) is 10.4 Å². The third kappa shape index (κ3) is 2.79. The number of hydrogen-bond donors (Lipinski definition) is 1. The van der Waals surface area contributed by atoms with E-state index in [1.807, 2.05) is 13.8 Å². The molecule has 4 saturated carbocycles. The minimum absolute atomic E-state index is 0.0555. The summed E-state index contributed by atoms with van der Waals surface area (Å²) in [6, 6.07) is -0.310. The molecule has 5 heteroatoms. The lowest BCUT2D eigenvalue weighted by Crippen LogP contribution is -2.51. The van der Waals surface area contributed by atoms with Gasteiger partial charge in [-0.3, -0.25) is 9.48 Å². The second-order valence-corrected chi connectivity index (χ2v) is 8.76. The second kappa shape index (κ2) is 5.51. The summed E-state index contributed by atoms with van der Waals surface area (Å²) in [5.74, 6) is 2.81. The summed E-state index contributed by atoms with van der Waals surface area (Å²) in [6.07, 6.45) is 10.0. The van der Waals surface area contributed by atoms with E-state index >= 15 is 0 Å². The first-order valence-electron chi connectivity index (χ1n) is 8.93. The number of carbonyl (C=O) groups excluding carboxylic acids is 1. The van der Waals surface area contributed by atoms with Gasteiger partial charge >= 0.3 is 0 Å². The monoisotopic (exact) mass is 335 g/mol. The molecule has 0 saturated heterocycles. The molecule has 1 atom stereocenters. The predicted octanol–water partition coefficient (Wildman–Crippen LogP) is 3.74. The molecule has 4 fully saturated rings. The van der Waals surface area contributed by atoms with Gasteiger partial charge in [-0.15, -0.1) is 0 Å². The van der Waals surface area contributed by atoms with Gasteiger partial charge in [0.25, 0.3) is 0 Å². The Balaban J connectivity index is 1.40. The molecule has 4 aliphatic rings. The van der Waals surface area contributed by atoms with E-state index in [1.54, 1.807) is 10.9 Å². The lowest BCUT2D eigenvalue weighted by atomic mass is 9.49. The van der Waals surface area contributed by atoms with E-state index in [4.69, 9.17) is 11.6 Å². The Morgan fingerprint density at radius 2 is 1.91 bits per heavy atom. The maximum atomic E-state index is 12.5. The fraction of sp³-hybridized carbons (Fsp3) is 0.778. The van der Waals surface area contributed by atoms with Crippen molar-refractivity contribution in [3.63, 3.8) is 0 Å². The van der Waals surface area contributed by atoms with Gasteiger partial charge in [-0.25, -0.2) is 0 Å². The predicted molar refractivity (Wildman–Crippen MR) is 90.3 cm³/mol. The van der Waals surface area contributed by atoms with Crippen molar-refractivity contribution < 1.29 is 4.79 Å². The summed E-state index contributed by atoms with van der Waals surface area (Å²) in [7, 11) is 0. The summed E-state index contributed by atoms with van der Waals surface area (Å²) < 4.78 is 1.67. The summed E-state index contributed by atoms with van der Waals surface area (Å²) in [5.41, 5.74) is 1.15. The Hall–Kier alpha value is -1.03. The summed E-state index contributed by atoms with van der Waals surface area (Å²) in [5, 5.41) is 8.17. The van der Waals surface area contributed by atoms with Gasteiger partial charge < -0.3 is 5.32 Å². The molecular formula is C18H26ClN3O. The molecule has 23 heavy (non-hydrogen) atoms. The number of carbonyl (C=O) groups is 1. The van der Waals surface area contributed by atoms with Gasteiger partial charge in [0, 0.05) is 12.7 Å². The lowest BCUT2D eigenvalue weighted by Gasteiger charge is -2.57. The average molecular weight is 336 g/mol. The van der Waals surface area contributed by atoms with Gasteiger partial charge in [-0.1, -0.05) is 11.6 Å². The van der Waals surface area contributed by atoms with Crippen LogP contribution in [0.5, 0.6) is 0 Å². The second-order valence-electron chi connectivity index (χ2n) is 8.35. The molecule has 1 amide bonds. The van der Waals surface area contributed by atoms with Crippen LogP contribution in [0, 0.1) is 30.1 Å². The van der Waals surface area contributed by atoms with Crippen LogP contribution in [0.1, 0.15) is 57.2 Å². The topological polar surface area (TPSA) is 46.9 Å². The van der Waals surface area contributed by atoms with Crippen molar-refractivity contribution in [2.75, 3.05) is 6.54 Å². The van der Waals surface area contributed by atoms with Crippen LogP contribution in [0.25, 0.3) is 0 Å². The molecule has 0 radical (unpaired) electrons. The summed E-state index contributed by atoms with van der Waals surface area (Å²) in [6.45, 7) is 4.59. The van der Waals surface area contributed by atoms with Crippen LogP contribution in [0.15, 0.2) is 6.20 Å². The molecule has 4 aliphatic carbocycles. The lowest BCUT2D eigenvalue weighted by molar-refractivity contribution is -0.126. The number of nitrogens with one attached hydrogen (secondary N) is 1. The van der Waals surface area contributed by atoms with E-state index in [2.05, 4.69) is 10.4 Å². The average Bonchev–Trinajstić information content (AvgIpc) is 2.82. The van der Waals surface area contributed by atoms with Gasteiger partial charge in [0.2, 0.25) is 5.91 Å². The number of aryl methyl sites for hydroxylation is 1. The molecular weight excluding hydrogens is 310 g/mol. The van der Waals surface area contributed by atoms with Crippen molar-refractivity contribution in [2.45, 2.75) is 58.4 Å². The highest BCUT2D eigenvalue weighted by Crippen LogP contribution is 2.59. The van der Waals surface area contributed by atoms with E-state index in [1.165, 1.54) is 38.5 Å². The zero-order valence-electron chi connectivity index (χ0n) is 14.0. The highest BCUT2D eigenvalue weighted by Gasteiger charge is 2.50. The third-order valence-corrected chi connectivity index (χ3v) is 6.81. The first kappa shape index (κ1) is 15.5. The smallest absolute Gasteiger partial charge is 0.244 e. The number of nitrogens with zero attached hydrogens (tertiary/aromatic N) is 2. The Morgan fingerprint density at radius 1 is 1.35 bits per heavy atom. The Labute approximate surface area is 143 Å². The van der Waals surface area contributed by atoms with Crippen LogP contribution in [-0.2, 0) is 4.79 Å². The molecule has 0 spiro atoms. The molecule has 4 bridgehead atoms. The zero-order valence-corrected chi connectivity index (χ0v) is 14.8. The van der Waals surface area contributed by atoms with Gasteiger partial charge in [0.05, 0.1) is 10.7 Å². The zero-order chi connectivity index (χ0) is 16.2. The van der Waals surface area contributed by atoms with Crippen LogP contribution >= 0.6 is 11.6 Å². The fourth-order valence-corrected chi connectivity index (χ4v) is 5.84. The van der Waals surface area contributed by atoms with Gasteiger partial charge in [0.1, 0.15) is 6.04 Å². The highest BCUT2D eigenvalue weighted by atomic mass is 35.5. The van der Waals surface area contributed by atoms with E-state index in [-0.39, 0.29) is 11.9 Å². The summed E-state index contributed by atoms with van der Waals surface area (Å²) in [4.78, 5) is 12.5. The highest BCUT2D eigenvalue weighted by molar-refractivity contribution is 6.31. The van der Waals surface area contributed by atoms with Crippen LogP contribution in [0.3, 0.4) is 0 Å². The number of rotatable bonds is 4. The van der Waals surface area contributed by atoms with E-state index in [0.717, 1.165) is 30.0 Å². The fourth-order valence-electron chi connectivity index (χ4n) is 5.71. The Morgan fingerprint density at radius 3 is 2.39 bits per heavy atom. The third-order valence-electron chi connectivity index (χ3n) is 6.44. The molecule has 0 aromatic carbocycles. The normalized spacial score (nSPS) is 36.2. The van der Waals surface area contributed by atoms with E-state index < -0.39 is 0 Å². The molecule has 0 unspecified atom stereocenters. The maximum absolute atomic E-state index is 12.5. The summed E-state index contributed by atoms with van der Waals surface area (Å²) >= 11 is 6.05. The first-order chi connectivity index (χ1) is 10.9. The van der Waals surface area contributed by atoms with Gasteiger partial charge in [-0.05, 0) is 75.5 Å². The largest absolute Gasteiger partial charge is 0.354 e. The van der Waals surface area contributed by atoms with Crippen LogP contribution < -0.4 is 5.32 Å². The van der Waals surface area contributed by atoms with Crippen molar-refractivity contribution in [3.05, 3.63) is 16.9 Å². The minimum atomic E-state index is -0.310. The molecule has 1 heterocycles. The number of hydrogen-bond acceptors (Lipinski definition) is 2. The first-order valence-corrected chi connectivity index (χ1v) is 9.31. The maximum Gasteiger partial charge on any atom is 0.244 e. The van der Waals surface area contributed by atoms with Gasteiger partial charge in [-0.2, -0.15) is 5.10 Å². The Bertz CT molecular complexity index is 569. The van der Waals surface area contributed by atoms with Crippen molar-refractivity contribution in [1.29, 1.82) is 0 Å². The standard InChI is InChI=1S/C18H26ClN3O/c1-11-16(19)9-22(21-11)12(2)17(23)20-10-18-6-13-3-14(7-18)5-15(4-13)8-18/h9,12-15H,3-8,10H2,1-2H3,(H,20,23)/t12-,13?,14?,15?,18?/m0/s1. The van der Waals surface area contributed by atoms with Crippen LogP contribution in [0.4, 0.5) is 0 Å². The Kier molecular flexibility index (Phi) is 3.71. The minimum Gasteiger partial charge on any atom is -0.354 e. The SMILES string of the molecule is Cc1nn([C@@H](C)C(=O)NCC23CC4CC(CC(C4)C2)C3)cc1Cl.